The zero-order valence-corrected chi connectivity index (χ0v) is 9.69. The average molecular weight is 219 g/mol. The number of carbonyl (C=O) groups excluding carboxylic acids is 1. The Morgan fingerprint density at radius 2 is 2.25 bits per heavy atom. The second-order valence-corrected chi connectivity index (χ2v) is 3.53. The molecule has 0 unspecified atom stereocenters. The molecule has 0 heterocycles. The predicted molar refractivity (Wildman–Crippen MR) is 65.9 cm³/mol. The number of rotatable bonds is 4. The summed E-state index contributed by atoms with van der Waals surface area (Å²) in [4.78, 5) is 11.1. The standard InChI is InChI=1S/C13H17NO2/c1-3-16-13(15)6-4-5-11-7-8-12(14)9-10(11)2/h4-5,7-9H,3,6,14H2,1-2H3. The lowest BCUT2D eigenvalue weighted by molar-refractivity contribution is -0.142. The van der Waals surface area contributed by atoms with Gasteiger partial charge >= 0.3 is 5.97 Å². The molecule has 86 valence electrons. The highest BCUT2D eigenvalue weighted by molar-refractivity contribution is 5.73. The number of hydrogen-bond donors (Lipinski definition) is 1. The molecular formula is C13H17NO2. The summed E-state index contributed by atoms with van der Waals surface area (Å²) in [6.07, 6.45) is 4.01. The third-order valence-electron chi connectivity index (χ3n) is 2.18. The van der Waals surface area contributed by atoms with Crippen molar-refractivity contribution in [3.8, 4) is 0 Å². The molecule has 0 aliphatic heterocycles. The highest BCUT2D eigenvalue weighted by Crippen LogP contribution is 2.14. The minimum absolute atomic E-state index is 0.202. The Kier molecular flexibility index (Phi) is 4.58. The molecule has 1 rings (SSSR count). The van der Waals surface area contributed by atoms with E-state index in [1.165, 1.54) is 0 Å². The monoisotopic (exact) mass is 219 g/mol. The van der Waals surface area contributed by atoms with E-state index >= 15 is 0 Å². The number of ether oxygens (including phenoxy) is 1. The molecule has 0 atom stereocenters. The summed E-state index contributed by atoms with van der Waals surface area (Å²) >= 11 is 0. The summed E-state index contributed by atoms with van der Waals surface area (Å²) in [5.74, 6) is -0.202. The summed E-state index contributed by atoms with van der Waals surface area (Å²) in [6.45, 7) is 4.21. The zero-order valence-electron chi connectivity index (χ0n) is 9.69. The SMILES string of the molecule is CCOC(=O)CC=Cc1ccc(N)cc1C. The van der Waals surface area contributed by atoms with Crippen molar-refractivity contribution in [2.24, 2.45) is 0 Å². The molecule has 0 aliphatic carbocycles. The number of nitrogens with two attached hydrogens (primary N) is 1. The van der Waals surface area contributed by atoms with Crippen LogP contribution in [-0.4, -0.2) is 12.6 Å². The van der Waals surface area contributed by atoms with Crippen LogP contribution in [0.15, 0.2) is 24.3 Å². The van der Waals surface area contributed by atoms with Crippen LogP contribution in [0.4, 0.5) is 5.69 Å². The number of benzene rings is 1. The van der Waals surface area contributed by atoms with E-state index in [9.17, 15) is 4.79 Å². The topological polar surface area (TPSA) is 52.3 Å². The van der Waals surface area contributed by atoms with Gasteiger partial charge in [-0.15, -0.1) is 0 Å². The summed E-state index contributed by atoms with van der Waals surface area (Å²) in [5.41, 5.74) is 8.56. The van der Waals surface area contributed by atoms with Crippen molar-refractivity contribution in [1.82, 2.24) is 0 Å². The van der Waals surface area contributed by atoms with Gasteiger partial charge in [0.05, 0.1) is 13.0 Å². The van der Waals surface area contributed by atoms with Gasteiger partial charge in [0.1, 0.15) is 0 Å². The number of esters is 1. The van der Waals surface area contributed by atoms with E-state index in [0.717, 1.165) is 16.8 Å². The molecule has 0 aliphatic rings. The van der Waals surface area contributed by atoms with Gasteiger partial charge in [-0.05, 0) is 37.1 Å². The third kappa shape index (κ3) is 3.77. The molecular weight excluding hydrogens is 202 g/mol. The molecule has 0 amide bonds. The van der Waals surface area contributed by atoms with E-state index in [0.29, 0.717) is 13.0 Å². The van der Waals surface area contributed by atoms with Gasteiger partial charge in [-0.1, -0.05) is 18.2 Å². The molecule has 1 aromatic rings. The molecule has 3 heteroatoms. The molecule has 0 spiro atoms. The van der Waals surface area contributed by atoms with Gasteiger partial charge in [0, 0.05) is 5.69 Å². The molecule has 0 saturated carbocycles. The Hall–Kier alpha value is -1.77. The van der Waals surface area contributed by atoms with Gasteiger partial charge in [0.25, 0.3) is 0 Å². The number of hydrogen-bond acceptors (Lipinski definition) is 3. The molecule has 0 aromatic heterocycles. The number of carbonyl (C=O) groups is 1. The van der Waals surface area contributed by atoms with Crippen molar-refractivity contribution in [1.29, 1.82) is 0 Å². The fourth-order valence-corrected chi connectivity index (χ4v) is 1.39. The first-order valence-corrected chi connectivity index (χ1v) is 5.31. The normalized spacial score (nSPS) is 10.6. The Morgan fingerprint density at radius 3 is 2.88 bits per heavy atom. The number of anilines is 1. The Balaban J connectivity index is 2.59. The van der Waals surface area contributed by atoms with Crippen LogP contribution in [0.3, 0.4) is 0 Å². The van der Waals surface area contributed by atoms with Crippen molar-refractivity contribution in [2.75, 3.05) is 12.3 Å². The van der Waals surface area contributed by atoms with Crippen molar-refractivity contribution in [2.45, 2.75) is 20.3 Å². The third-order valence-corrected chi connectivity index (χ3v) is 2.18. The minimum atomic E-state index is -0.202. The fourth-order valence-electron chi connectivity index (χ4n) is 1.39. The lowest BCUT2D eigenvalue weighted by Crippen LogP contribution is -2.01. The zero-order chi connectivity index (χ0) is 12.0. The highest BCUT2D eigenvalue weighted by Gasteiger charge is 1.98. The van der Waals surface area contributed by atoms with E-state index in [1.54, 1.807) is 13.0 Å². The lowest BCUT2D eigenvalue weighted by Gasteiger charge is -2.01. The Bertz CT molecular complexity index is 397. The summed E-state index contributed by atoms with van der Waals surface area (Å²) < 4.78 is 4.82. The van der Waals surface area contributed by atoms with E-state index < -0.39 is 0 Å². The van der Waals surface area contributed by atoms with Crippen LogP contribution in [0, 0.1) is 6.92 Å². The van der Waals surface area contributed by atoms with Crippen molar-refractivity contribution < 1.29 is 9.53 Å². The molecule has 0 radical (unpaired) electrons. The Labute approximate surface area is 95.9 Å². The van der Waals surface area contributed by atoms with Crippen molar-refractivity contribution in [3.05, 3.63) is 35.4 Å². The van der Waals surface area contributed by atoms with Gasteiger partial charge in [-0.25, -0.2) is 0 Å². The highest BCUT2D eigenvalue weighted by atomic mass is 16.5. The van der Waals surface area contributed by atoms with Crippen LogP contribution in [0.2, 0.25) is 0 Å². The van der Waals surface area contributed by atoms with Gasteiger partial charge in [0.15, 0.2) is 0 Å². The second-order valence-electron chi connectivity index (χ2n) is 3.53. The van der Waals surface area contributed by atoms with E-state index in [2.05, 4.69) is 0 Å². The largest absolute Gasteiger partial charge is 0.466 e. The lowest BCUT2D eigenvalue weighted by atomic mass is 10.1. The van der Waals surface area contributed by atoms with E-state index in [4.69, 9.17) is 10.5 Å². The van der Waals surface area contributed by atoms with E-state index in [1.807, 2.05) is 31.2 Å². The van der Waals surface area contributed by atoms with Crippen LogP contribution in [-0.2, 0) is 9.53 Å². The molecule has 16 heavy (non-hydrogen) atoms. The first-order valence-electron chi connectivity index (χ1n) is 5.31. The predicted octanol–water partition coefficient (Wildman–Crippen LogP) is 2.54. The van der Waals surface area contributed by atoms with Crippen LogP contribution < -0.4 is 5.73 Å². The molecule has 0 bridgehead atoms. The fraction of sp³-hybridized carbons (Fsp3) is 0.308. The summed E-state index contributed by atoms with van der Waals surface area (Å²) in [7, 11) is 0. The van der Waals surface area contributed by atoms with Crippen LogP contribution in [0.25, 0.3) is 6.08 Å². The van der Waals surface area contributed by atoms with E-state index in [-0.39, 0.29) is 5.97 Å². The smallest absolute Gasteiger partial charge is 0.309 e. The van der Waals surface area contributed by atoms with Gasteiger partial charge < -0.3 is 10.5 Å². The van der Waals surface area contributed by atoms with Gasteiger partial charge in [-0.2, -0.15) is 0 Å². The summed E-state index contributed by atoms with van der Waals surface area (Å²) in [5, 5.41) is 0. The minimum Gasteiger partial charge on any atom is -0.466 e. The molecule has 1 aromatic carbocycles. The first-order chi connectivity index (χ1) is 7.63. The maximum absolute atomic E-state index is 11.1. The molecule has 3 nitrogen and oxygen atoms in total. The molecule has 0 saturated heterocycles. The molecule has 0 fully saturated rings. The maximum Gasteiger partial charge on any atom is 0.309 e. The second kappa shape index (κ2) is 5.95. The van der Waals surface area contributed by atoms with Crippen LogP contribution in [0.1, 0.15) is 24.5 Å². The number of nitrogen functional groups attached to an aromatic ring is 1. The number of aryl methyl sites for hydroxylation is 1. The first kappa shape index (κ1) is 12.3. The average Bonchev–Trinajstić information content (AvgIpc) is 2.22. The van der Waals surface area contributed by atoms with Crippen LogP contribution in [0.5, 0.6) is 0 Å². The van der Waals surface area contributed by atoms with Crippen LogP contribution >= 0.6 is 0 Å². The van der Waals surface area contributed by atoms with Crippen molar-refractivity contribution >= 4 is 17.7 Å². The van der Waals surface area contributed by atoms with Gasteiger partial charge in [0.2, 0.25) is 0 Å². The maximum atomic E-state index is 11.1. The Morgan fingerprint density at radius 1 is 1.50 bits per heavy atom. The molecule has 2 N–H and O–H groups in total. The van der Waals surface area contributed by atoms with Crippen molar-refractivity contribution in [3.63, 3.8) is 0 Å². The quantitative estimate of drug-likeness (QED) is 0.625. The van der Waals surface area contributed by atoms with Gasteiger partial charge in [-0.3, -0.25) is 4.79 Å². The summed E-state index contributed by atoms with van der Waals surface area (Å²) in [6, 6.07) is 5.69.